The quantitative estimate of drug-likeness (QED) is 0.839. The molecular weight excluding hydrogens is 232 g/mol. The van der Waals surface area contributed by atoms with Crippen LogP contribution in [0.15, 0.2) is 0 Å². The summed E-state index contributed by atoms with van der Waals surface area (Å²) in [5, 5.41) is 3.97. The lowest BCUT2D eigenvalue weighted by molar-refractivity contribution is 0.119. The van der Waals surface area contributed by atoms with E-state index >= 15 is 0 Å². The highest BCUT2D eigenvalue weighted by molar-refractivity contribution is 5.13. The average Bonchev–Trinajstić information content (AvgIpc) is 2.97. The Labute approximate surface area is 119 Å². The molecule has 4 unspecified atom stereocenters. The summed E-state index contributed by atoms with van der Waals surface area (Å²) >= 11 is 0. The first kappa shape index (κ1) is 13.9. The first-order valence-electron chi connectivity index (χ1n) is 8.43. The Hall–Kier alpha value is -0.0800. The summed E-state index contributed by atoms with van der Waals surface area (Å²) in [4.78, 5) is 2.60. The topological polar surface area (TPSA) is 15.3 Å². The maximum Gasteiger partial charge on any atom is 0.0129 e. The Balaban J connectivity index is 1.55. The molecule has 2 saturated carbocycles. The molecule has 0 radical (unpaired) electrons. The summed E-state index contributed by atoms with van der Waals surface area (Å²) in [5.74, 6) is 1.86. The number of hydrogen-bond acceptors (Lipinski definition) is 2. The van der Waals surface area contributed by atoms with Gasteiger partial charge >= 0.3 is 0 Å². The van der Waals surface area contributed by atoms with Crippen molar-refractivity contribution in [2.24, 2.45) is 22.7 Å². The summed E-state index contributed by atoms with van der Waals surface area (Å²) < 4.78 is 0. The zero-order chi connectivity index (χ0) is 13.7. The van der Waals surface area contributed by atoms with Gasteiger partial charge in [0.05, 0.1) is 0 Å². The van der Waals surface area contributed by atoms with Crippen molar-refractivity contribution in [3.8, 4) is 0 Å². The fourth-order valence-corrected chi connectivity index (χ4v) is 5.19. The van der Waals surface area contributed by atoms with E-state index in [1.165, 1.54) is 51.9 Å². The lowest BCUT2D eigenvalue weighted by Gasteiger charge is -2.40. The number of nitrogens with zero attached hydrogens (tertiary/aromatic N) is 1. The summed E-state index contributed by atoms with van der Waals surface area (Å²) in [5.41, 5.74) is 1.09. The van der Waals surface area contributed by atoms with E-state index in [9.17, 15) is 0 Å². The zero-order valence-corrected chi connectivity index (χ0v) is 13.3. The van der Waals surface area contributed by atoms with Crippen LogP contribution in [0.4, 0.5) is 0 Å². The minimum Gasteiger partial charge on any atom is -0.313 e. The summed E-state index contributed by atoms with van der Waals surface area (Å²) in [6.07, 6.45) is 5.73. The number of nitrogens with one attached hydrogen (secondary N) is 1. The predicted molar refractivity (Wildman–Crippen MR) is 81.2 cm³/mol. The van der Waals surface area contributed by atoms with Gasteiger partial charge in [-0.15, -0.1) is 0 Å². The highest BCUT2D eigenvalue weighted by atomic mass is 15.1. The molecule has 0 aromatic rings. The molecule has 1 saturated heterocycles. The Morgan fingerprint density at radius 2 is 2.00 bits per heavy atom. The van der Waals surface area contributed by atoms with E-state index in [1.54, 1.807) is 0 Å². The van der Waals surface area contributed by atoms with Crippen molar-refractivity contribution in [1.29, 1.82) is 0 Å². The number of likely N-dealkylation sites (tertiary alicyclic amines) is 1. The van der Waals surface area contributed by atoms with Crippen molar-refractivity contribution < 1.29 is 0 Å². The van der Waals surface area contributed by atoms with Crippen LogP contribution in [0.5, 0.6) is 0 Å². The van der Waals surface area contributed by atoms with Crippen molar-refractivity contribution in [2.75, 3.05) is 26.2 Å². The van der Waals surface area contributed by atoms with Gasteiger partial charge < -0.3 is 10.2 Å². The van der Waals surface area contributed by atoms with Crippen LogP contribution in [0.25, 0.3) is 0 Å². The van der Waals surface area contributed by atoms with Gasteiger partial charge in [0.25, 0.3) is 0 Å². The van der Waals surface area contributed by atoms with E-state index in [0.29, 0.717) is 10.8 Å². The lowest BCUT2D eigenvalue weighted by Crippen LogP contribution is -2.46. The Bertz CT molecular complexity index is 338. The van der Waals surface area contributed by atoms with Crippen molar-refractivity contribution in [3.63, 3.8) is 0 Å². The first-order valence-corrected chi connectivity index (χ1v) is 8.43. The van der Waals surface area contributed by atoms with Crippen LogP contribution < -0.4 is 5.32 Å². The van der Waals surface area contributed by atoms with Gasteiger partial charge in [-0.05, 0) is 68.0 Å². The van der Waals surface area contributed by atoms with Gasteiger partial charge in [-0.3, -0.25) is 0 Å². The maximum absolute atomic E-state index is 3.97. The van der Waals surface area contributed by atoms with E-state index in [-0.39, 0.29) is 0 Å². The molecule has 2 bridgehead atoms. The van der Waals surface area contributed by atoms with Crippen LogP contribution in [0, 0.1) is 22.7 Å². The van der Waals surface area contributed by atoms with Crippen LogP contribution in [-0.4, -0.2) is 37.1 Å². The molecule has 0 amide bonds. The van der Waals surface area contributed by atoms with Gasteiger partial charge in [-0.1, -0.05) is 27.7 Å². The van der Waals surface area contributed by atoms with Gasteiger partial charge in [0.2, 0.25) is 0 Å². The largest absolute Gasteiger partial charge is 0.313 e. The molecule has 2 aliphatic carbocycles. The van der Waals surface area contributed by atoms with E-state index < -0.39 is 0 Å². The Morgan fingerprint density at radius 3 is 2.53 bits per heavy atom. The van der Waals surface area contributed by atoms with Crippen LogP contribution in [0.2, 0.25) is 0 Å². The van der Waals surface area contributed by atoms with E-state index in [4.69, 9.17) is 0 Å². The van der Waals surface area contributed by atoms with Gasteiger partial charge in [0, 0.05) is 12.6 Å². The third-order valence-electron chi connectivity index (χ3n) is 7.26. The molecule has 3 fully saturated rings. The fraction of sp³-hybridized carbons (Fsp3) is 1.00. The number of hydrogen-bond donors (Lipinski definition) is 1. The SMILES string of the molecule is CCN1CCC(CNC2CC3CCC2(C)C3(C)C)C1. The van der Waals surface area contributed by atoms with Gasteiger partial charge in [0.1, 0.15) is 0 Å². The van der Waals surface area contributed by atoms with E-state index in [1.807, 2.05) is 0 Å². The average molecular weight is 264 g/mol. The van der Waals surface area contributed by atoms with E-state index in [2.05, 4.69) is 37.9 Å². The Morgan fingerprint density at radius 1 is 1.21 bits per heavy atom. The van der Waals surface area contributed by atoms with Crippen molar-refractivity contribution >= 4 is 0 Å². The maximum atomic E-state index is 3.97. The predicted octanol–water partition coefficient (Wildman–Crippen LogP) is 3.13. The minimum absolute atomic E-state index is 0.542. The van der Waals surface area contributed by atoms with Crippen LogP contribution in [0.3, 0.4) is 0 Å². The molecule has 3 aliphatic rings. The normalized spacial score (nSPS) is 45.2. The number of rotatable bonds is 4. The van der Waals surface area contributed by atoms with Gasteiger partial charge in [-0.25, -0.2) is 0 Å². The van der Waals surface area contributed by atoms with Crippen molar-refractivity contribution in [1.82, 2.24) is 10.2 Å². The van der Waals surface area contributed by atoms with Crippen LogP contribution in [0.1, 0.15) is 53.4 Å². The Kier molecular flexibility index (Phi) is 3.46. The van der Waals surface area contributed by atoms with E-state index in [0.717, 1.165) is 17.9 Å². The van der Waals surface area contributed by atoms with Crippen molar-refractivity contribution in [2.45, 2.75) is 59.4 Å². The molecule has 1 aliphatic heterocycles. The van der Waals surface area contributed by atoms with Crippen LogP contribution in [-0.2, 0) is 0 Å². The van der Waals surface area contributed by atoms with Gasteiger partial charge in [0.15, 0.2) is 0 Å². The molecule has 0 aromatic heterocycles. The molecule has 1 N–H and O–H groups in total. The third kappa shape index (κ3) is 2.06. The second-order valence-corrected chi connectivity index (χ2v) is 8.12. The standard InChI is InChI=1S/C17H32N2/c1-5-19-9-7-13(12-19)11-18-15-10-14-6-8-17(15,4)16(14,2)3/h13-15,18H,5-12H2,1-4H3. The lowest BCUT2D eigenvalue weighted by atomic mass is 9.69. The molecule has 19 heavy (non-hydrogen) atoms. The molecule has 4 atom stereocenters. The molecule has 1 heterocycles. The zero-order valence-electron chi connectivity index (χ0n) is 13.3. The molecule has 110 valence electrons. The molecule has 0 aromatic carbocycles. The summed E-state index contributed by atoms with van der Waals surface area (Å²) in [7, 11) is 0. The fourth-order valence-electron chi connectivity index (χ4n) is 5.19. The first-order chi connectivity index (χ1) is 8.97. The van der Waals surface area contributed by atoms with Crippen molar-refractivity contribution in [3.05, 3.63) is 0 Å². The van der Waals surface area contributed by atoms with Crippen LogP contribution >= 0.6 is 0 Å². The highest BCUT2D eigenvalue weighted by Crippen LogP contribution is 2.65. The second kappa shape index (κ2) is 4.73. The monoisotopic (exact) mass is 264 g/mol. The number of fused-ring (bicyclic) bond motifs is 2. The molecular formula is C17H32N2. The molecule has 3 rings (SSSR count). The summed E-state index contributed by atoms with van der Waals surface area (Å²) in [6.45, 7) is 15.0. The second-order valence-electron chi connectivity index (χ2n) is 8.12. The molecule has 0 spiro atoms. The summed E-state index contributed by atoms with van der Waals surface area (Å²) in [6, 6.07) is 0.775. The third-order valence-corrected chi connectivity index (χ3v) is 7.26. The highest BCUT2D eigenvalue weighted by Gasteiger charge is 2.61. The van der Waals surface area contributed by atoms with Gasteiger partial charge in [-0.2, -0.15) is 0 Å². The smallest absolute Gasteiger partial charge is 0.0129 e. The molecule has 2 heteroatoms. The minimum atomic E-state index is 0.542. The molecule has 2 nitrogen and oxygen atoms in total.